The van der Waals surface area contributed by atoms with Gasteiger partial charge in [0.05, 0.1) is 0 Å². The molecule has 0 fully saturated rings. The summed E-state index contributed by atoms with van der Waals surface area (Å²) in [6, 6.07) is 5.73. The average molecular weight is 339 g/mol. The molecule has 1 aromatic heterocycles. The molecular weight excluding hydrogens is 324 g/mol. The molecule has 2 N–H and O–H groups in total. The monoisotopic (exact) mass is 338 g/mol. The maximum absolute atomic E-state index is 11.8. The highest BCUT2D eigenvalue weighted by Crippen LogP contribution is 2.23. The molecule has 3 amide bonds. The lowest BCUT2D eigenvalue weighted by Crippen LogP contribution is -2.41. The maximum Gasteiger partial charge on any atom is 0.374 e. The van der Waals surface area contributed by atoms with Crippen molar-refractivity contribution < 1.29 is 23.5 Å². The van der Waals surface area contributed by atoms with Crippen LogP contribution < -0.4 is 10.6 Å². The summed E-state index contributed by atoms with van der Waals surface area (Å²) in [7, 11) is 0. The first-order valence-electron chi connectivity index (χ1n) is 6.93. The van der Waals surface area contributed by atoms with Gasteiger partial charge in [-0.05, 0) is 30.7 Å². The number of furan rings is 1. The van der Waals surface area contributed by atoms with Gasteiger partial charge in [-0.2, -0.15) is 0 Å². The molecule has 0 spiro atoms. The fourth-order valence-corrected chi connectivity index (χ4v) is 1.94. The number of nitrogens with one attached hydrogen (secondary N) is 2. The molecule has 7 nitrogen and oxygen atoms in total. The fraction of sp³-hybridized carbons (Fsp3) is 0.267. The van der Waals surface area contributed by atoms with Gasteiger partial charge in [-0.1, -0.05) is 18.5 Å². The molecule has 2 aromatic rings. The third kappa shape index (κ3) is 4.72. The van der Waals surface area contributed by atoms with Crippen LogP contribution in [0.25, 0.3) is 11.0 Å². The summed E-state index contributed by atoms with van der Waals surface area (Å²) in [6.07, 6.45) is 0.743. The summed E-state index contributed by atoms with van der Waals surface area (Å²) in [5.41, 5.74) is 0.477. The van der Waals surface area contributed by atoms with E-state index in [1.165, 1.54) is 6.07 Å². The number of amides is 3. The lowest BCUT2D eigenvalue weighted by atomic mass is 10.2. The normalized spacial score (nSPS) is 10.3. The van der Waals surface area contributed by atoms with E-state index in [0.29, 0.717) is 22.5 Å². The Hall–Kier alpha value is -2.54. The SMILES string of the molecule is CCCNC(=O)NC(=O)COC(=O)c1cc2cc(Cl)ccc2o1. The van der Waals surface area contributed by atoms with Crippen LogP contribution in [0.15, 0.2) is 28.7 Å². The number of imide groups is 1. The lowest BCUT2D eigenvalue weighted by Gasteiger charge is -2.05. The Morgan fingerprint density at radius 1 is 1.26 bits per heavy atom. The lowest BCUT2D eigenvalue weighted by molar-refractivity contribution is -0.123. The number of carbonyl (C=O) groups is 3. The topological polar surface area (TPSA) is 97.6 Å². The maximum atomic E-state index is 11.8. The van der Waals surface area contributed by atoms with Gasteiger partial charge in [-0.15, -0.1) is 0 Å². The fourth-order valence-electron chi connectivity index (χ4n) is 1.76. The van der Waals surface area contributed by atoms with Crippen LogP contribution in [0.4, 0.5) is 4.79 Å². The third-order valence-corrected chi connectivity index (χ3v) is 3.04. The van der Waals surface area contributed by atoms with Gasteiger partial charge in [0.25, 0.3) is 5.91 Å². The molecule has 23 heavy (non-hydrogen) atoms. The number of esters is 1. The van der Waals surface area contributed by atoms with Crippen LogP contribution >= 0.6 is 11.6 Å². The number of hydrogen-bond donors (Lipinski definition) is 2. The Balaban J connectivity index is 1.88. The van der Waals surface area contributed by atoms with Gasteiger partial charge in [0.1, 0.15) is 5.58 Å². The zero-order valence-electron chi connectivity index (χ0n) is 12.3. The third-order valence-electron chi connectivity index (χ3n) is 2.80. The zero-order chi connectivity index (χ0) is 16.8. The minimum absolute atomic E-state index is 0.0505. The number of hydrogen-bond acceptors (Lipinski definition) is 5. The molecule has 1 heterocycles. The minimum Gasteiger partial charge on any atom is -0.450 e. The highest BCUT2D eigenvalue weighted by atomic mass is 35.5. The van der Waals surface area contributed by atoms with Gasteiger partial charge in [-0.3, -0.25) is 10.1 Å². The van der Waals surface area contributed by atoms with Gasteiger partial charge in [0.15, 0.2) is 6.61 Å². The Bertz CT molecular complexity index is 741. The Morgan fingerprint density at radius 3 is 2.78 bits per heavy atom. The number of rotatable bonds is 5. The van der Waals surface area contributed by atoms with Crippen molar-refractivity contribution in [3.8, 4) is 0 Å². The molecule has 0 saturated carbocycles. The van der Waals surface area contributed by atoms with Crippen molar-refractivity contribution >= 4 is 40.5 Å². The standard InChI is InChI=1S/C15H15ClN2O5/c1-2-5-17-15(21)18-13(19)8-22-14(20)12-7-9-6-10(16)3-4-11(9)23-12/h3-4,6-7H,2,5,8H2,1H3,(H2,17,18,19,21). The number of halogens is 1. The van der Waals surface area contributed by atoms with Gasteiger partial charge < -0.3 is 14.5 Å². The second kappa shape index (κ2) is 7.64. The molecule has 0 aliphatic heterocycles. The van der Waals surface area contributed by atoms with E-state index >= 15 is 0 Å². The summed E-state index contributed by atoms with van der Waals surface area (Å²) >= 11 is 5.85. The quantitative estimate of drug-likeness (QED) is 0.816. The largest absolute Gasteiger partial charge is 0.450 e. The Morgan fingerprint density at radius 2 is 2.04 bits per heavy atom. The summed E-state index contributed by atoms with van der Waals surface area (Å²) in [5, 5.41) is 5.66. The highest BCUT2D eigenvalue weighted by Gasteiger charge is 2.16. The number of benzene rings is 1. The molecule has 0 unspecified atom stereocenters. The molecule has 0 aliphatic rings. The van der Waals surface area contributed by atoms with Gasteiger partial charge in [0.2, 0.25) is 5.76 Å². The Labute approximate surface area is 136 Å². The van der Waals surface area contributed by atoms with E-state index in [0.717, 1.165) is 6.42 Å². The van der Waals surface area contributed by atoms with Crippen LogP contribution in [0.5, 0.6) is 0 Å². The second-order valence-corrected chi connectivity index (χ2v) is 5.11. The number of ether oxygens (including phenoxy) is 1. The molecule has 0 aliphatic carbocycles. The van der Waals surface area contributed by atoms with Crippen molar-refractivity contribution in [3.63, 3.8) is 0 Å². The number of fused-ring (bicyclic) bond motifs is 1. The predicted octanol–water partition coefficient (Wildman–Crippen LogP) is 2.48. The summed E-state index contributed by atoms with van der Waals surface area (Å²) in [5.74, 6) is -1.59. The smallest absolute Gasteiger partial charge is 0.374 e. The van der Waals surface area contributed by atoms with E-state index < -0.39 is 24.5 Å². The first kappa shape index (κ1) is 16.8. The van der Waals surface area contributed by atoms with E-state index in [4.69, 9.17) is 20.8 Å². The van der Waals surface area contributed by atoms with Crippen LogP contribution in [-0.4, -0.2) is 31.1 Å². The van der Waals surface area contributed by atoms with Crippen molar-refractivity contribution in [2.75, 3.05) is 13.2 Å². The van der Waals surface area contributed by atoms with E-state index in [9.17, 15) is 14.4 Å². The molecule has 0 atom stereocenters. The summed E-state index contributed by atoms with van der Waals surface area (Å²) in [6.45, 7) is 1.74. The molecule has 1 aromatic carbocycles. The van der Waals surface area contributed by atoms with Crippen LogP contribution in [0, 0.1) is 0 Å². The predicted molar refractivity (Wildman–Crippen MR) is 83.3 cm³/mol. The first-order chi connectivity index (χ1) is 11.0. The van der Waals surface area contributed by atoms with Crippen LogP contribution in [0.3, 0.4) is 0 Å². The first-order valence-corrected chi connectivity index (χ1v) is 7.31. The van der Waals surface area contributed by atoms with Crippen molar-refractivity contribution in [2.24, 2.45) is 0 Å². The average Bonchev–Trinajstić information content (AvgIpc) is 2.93. The van der Waals surface area contributed by atoms with Crippen molar-refractivity contribution in [2.45, 2.75) is 13.3 Å². The van der Waals surface area contributed by atoms with Gasteiger partial charge >= 0.3 is 12.0 Å². The number of carbonyl (C=O) groups excluding carboxylic acids is 3. The van der Waals surface area contributed by atoms with Crippen molar-refractivity contribution in [1.29, 1.82) is 0 Å². The molecule has 0 bridgehead atoms. The highest BCUT2D eigenvalue weighted by molar-refractivity contribution is 6.31. The van der Waals surface area contributed by atoms with E-state index in [1.807, 2.05) is 12.2 Å². The molecule has 2 rings (SSSR count). The van der Waals surface area contributed by atoms with E-state index in [1.54, 1.807) is 18.2 Å². The minimum atomic E-state index is -0.804. The molecular formula is C15H15ClN2O5. The van der Waals surface area contributed by atoms with Gasteiger partial charge in [-0.25, -0.2) is 9.59 Å². The Kier molecular flexibility index (Phi) is 5.59. The second-order valence-electron chi connectivity index (χ2n) is 4.67. The molecule has 0 radical (unpaired) electrons. The molecule has 0 saturated heterocycles. The summed E-state index contributed by atoms with van der Waals surface area (Å²) in [4.78, 5) is 34.6. The van der Waals surface area contributed by atoms with Crippen LogP contribution in [0.2, 0.25) is 5.02 Å². The molecule has 8 heteroatoms. The van der Waals surface area contributed by atoms with Crippen LogP contribution in [0.1, 0.15) is 23.9 Å². The van der Waals surface area contributed by atoms with Crippen LogP contribution in [-0.2, 0) is 9.53 Å². The van der Waals surface area contributed by atoms with Crippen molar-refractivity contribution in [1.82, 2.24) is 10.6 Å². The van der Waals surface area contributed by atoms with E-state index in [-0.39, 0.29) is 5.76 Å². The molecule has 122 valence electrons. The van der Waals surface area contributed by atoms with Crippen molar-refractivity contribution in [3.05, 3.63) is 35.0 Å². The summed E-state index contributed by atoms with van der Waals surface area (Å²) < 4.78 is 10.1. The zero-order valence-corrected chi connectivity index (χ0v) is 13.1. The van der Waals surface area contributed by atoms with E-state index in [2.05, 4.69) is 5.32 Å². The van der Waals surface area contributed by atoms with Gasteiger partial charge in [0, 0.05) is 17.0 Å². The number of urea groups is 1.